The number of thiophene rings is 1. The van der Waals surface area contributed by atoms with Gasteiger partial charge in [-0.15, -0.1) is 11.3 Å². The molecule has 0 radical (unpaired) electrons. The molecule has 0 spiro atoms. The highest BCUT2D eigenvalue weighted by atomic mass is 35.5. The van der Waals surface area contributed by atoms with Gasteiger partial charge in [-0.05, 0) is 43.8 Å². The summed E-state index contributed by atoms with van der Waals surface area (Å²) in [5.41, 5.74) is 7.00. The Morgan fingerprint density at radius 3 is 2.62 bits per heavy atom. The molecule has 0 atom stereocenters. The average Bonchev–Trinajstić information content (AvgIpc) is 2.86. The van der Waals surface area contributed by atoms with E-state index in [-0.39, 0.29) is 4.90 Å². The minimum absolute atomic E-state index is 0.151. The Labute approximate surface area is 133 Å². The Morgan fingerprint density at radius 2 is 2.05 bits per heavy atom. The smallest absolute Gasteiger partial charge is 0.240 e. The lowest BCUT2D eigenvalue weighted by molar-refractivity contribution is 0.588. The second-order valence-corrected chi connectivity index (χ2v) is 8.03. The molecule has 0 aliphatic carbocycles. The van der Waals surface area contributed by atoms with Crippen molar-refractivity contribution >= 4 is 44.3 Å². The first-order valence-corrected chi connectivity index (χ1v) is 8.91. The molecule has 1 aromatic carbocycles. The van der Waals surface area contributed by atoms with Crippen molar-refractivity contribution in [1.29, 1.82) is 0 Å². The van der Waals surface area contributed by atoms with Gasteiger partial charge in [-0.2, -0.15) is 0 Å². The van der Waals surface area contributed by atoms with E-state index >= 15 is 0 Å². The fourth-order valence-corrected chi connectivity index (χ4v) is 3.65. The minimum Gasteiger partial charge on any atom is -0.397 e. The van der Waals surface area contributed by atoms with Crippen LogP contribution in [0, 0.1) is 0 Å². The maximum Gasteiger partial charge on any atom is 0.240 e. The van der Waals surface area contributed by atoms with Gasteiger partial charge in [0.1, 0.15) is 0 Å². The van der Waals surface area contributed by atoms with Crippen LogP contribution in [-0.2, 0) is 16.4 Å². The van der Waals surface area contributed by atoms with Crippen LogP contribution in [0.4, 0.5) is 11.4 Å². The third-order valence-electron chi connectivity index (χ3n) is 2.92. The zero-order chi connectivity index (χ0) is 15.5. The molecule has 0 bridgehead atoms. The summed E-state index contributed by atoms with van der Waals surface area (Å²) in [6, 6.07) is 8.48. The lowest BCUT2D eigenvalue weighted by atomic mass is 10.2. The number of nitrogen functional groups attached to an aromatic ring is 1. The van der Waals surface area contributed by atoms with E-state index in [1.165, 1.54) is 24.1 Å². The molecule has 0 aliphatic rings. The van der Waals surface area contributed by atoms with Crippen molar-refractivity contribution in [3.8, 4) is 0 Å². The highest BCUT2D eigenvalue weighted by Gasteiger charge is 2.12. The fourth-order valence-electron chi connectivity index (χ4n) is 1.79. The lowest BCUT2D eigenvalue weighted by Gasteiger charge is -2.10. The van der Waals surface area contributed by atoms with E-state index in [1.807, 2.05) is 12.1 Å². The molecule has 0 saturated carbocycles. The summed E-state index contributed by atoms with van der Waals surface area (Å²) in [4.78, 5) is 1.33. The zero-order valence-corrected chi connectivity index (χ0v) is 13.8. The molecule has 2 aromatic rings. The van der Waals surface area contributed by atoms with Gasteiger partial charge in [0, 0.05) is 11.4 Å². The molecular weight excluding hydrogens is 330 g/mol. The Bertz CT molecular complexity index is 729. The number of halogens is 1. The molecule has 2 rings (SSSR count). The fraction of sp³-hybridized carbons (Fsp3) is 0.231. The first kappa shape index (κ1) is 16.1. The number of hydrogen-bond donors (Lipinski definition) is 3. The van der Waals surface area contributed by atoms with Crippen molar-refractivity contribution in [2.45, 2.75) is 11.3 Å². The highest BCUT2D eigenvalue weighted by Crippen LogP contribution is 2.24. The van der Waals surface area contributed by atoms with Crippen LogP contribution >= 0.6 is 22.9 Å². The van der Waals surface area contributed by atoms with Crippen LogP contribution in [0.5, 0.6) is 0 Å². The highest BCUT2D eigenvalue weighted by molar-refractivity contribution is 7.89. The summed E-state index contributed by atoms with van der Waals surface area (Å²) in [6.07, 6.45) is 0.827. The van der Waals surface area contributed by atoms with Gasteiger partial charge in [-0.25, -0.2) is 13.1 Å². The van der Waals surface area contributed by atoms with Crippen molar-refractivity contribution < 1.29 is 8.42 Å². The van der Waals surface area contributed by atoms with E-state index in [2.05, 4.69) is 10.0 Å². The van der Waals surface area contributed by atoms with E-state index in [1.54, 1.807) is 17.4 Å². The molecule has 4 N–H and O–H groups in total. The largest absolute Gasteiger partial charge is 0.397 e. The second-order valence-electron chi connectivity index (χ2n) is 4.34. The monoisotopic (exact) mass is 345 g/mol. The predicted octanol–water partition coefficient (Wildman–Crippen LogP) is 2.55. The Hall–Kier alpha value is -1.28. The first-order valence-electron chi connectivity index (χ1n) is 6.23. The molecule has 114 valence electrons. The molecule has 0 unspecified atom stereocenters. The van der Waals surface area contributed by atoms with Crippen molar-refractivity contribution in [2.75, 3.05) is 24.6 Å². The summed E-state index contributed by atoms with van der Waals surface area (Å²) in [5, 5.41) is 3.19. The van der Waals surface area contributed by atoms with Gasteiger partial charge in [0.05, 0.1) is 20.6 Å². The van der Waals surface area contributed by atoms with Crippen LogP contribution in [0.15, 0.2) is 35.2 Å². The standard InChI is InChI=1S/C13H16ClN3O2S2/c1-16-21(18,19)10-3-4-12(11(15)8-10)17-7-6-9-2-5-13(14)20-9/h2-5,8,16-17H,6-7,15H2,1H3. The maximum absolute atomic E-state index is 11.7. The average molecular weight is 346 g/mol. The summed E-state index contributed by atoms with van der Waals surface area (Å²) in [7, 11) is -2.10. The molecule has 0 aliphatic heterocycles. The summed E-state index contributed by atoms with van der Waals surface area (Å²) in [5.74, 6) is 0. The second kappa shape index (κ2) is 6.65. The molecule has 0 fully saturated rings. The topological polar surface area (TPSA) is 84.2 Å². The van der Waals surface area contributed by atoms with Crippen molar-refractivity contribution in [3.05, 3.63) is 39.5 Å². The van der Waals surface area contributed by atoms with Crippen LogP contribution in [0.25, 0.3) is 0 Å². The molecule has 0 saturated heterocycles. The normalized spacial score (nSPS) is 11.5. The quantitative estimate of drug-likeness (QED) is 0.702. The van der Waals surface area contributed by atoms with Gasteiger partial charge in [-0.1, -0.05) is 11.6 Å². The summed E-state index contributed by atoms with van der Waals surface area (Å²) < 4.78 is 26.4. The summed E-state index contributed by atoms with van der Waals surface area (Å²) >= 11 is 7.41. The van der Waals surface area contributed by atoms with E-state index < -0.39 is 10.0 Å². The van der Waals surface area contributed by atoms with E-state index in [4.69, 9.17) is 17.3 Å². The molecule has 0 amide bonds. The van der Waals surface area contributed by atoms with Gasteiger partial charge in [0.25, 0.3) is 0 Å². The predicted molar refractivity (Wildman–Crippen MR) is 88.6 cm³/mol. The third kappa shape index (κ3) is 4.10. The van der Waals surface area contributed by atoms with Gasteiger partial charge in [0.15, 0.2) is 0 Å². The van der Waals surface area contributed by atoms with Gasteiger partial charge in [-0.3, -0.25) is 0 Å². The number of hydrogen-bond acceptors (Lipinski definition) is 5. The van der Waals surface area contributed by atoms with Crippen molar-refractivity contribution in [1.82, 2.24) is 4.72 Å². The first-order chi connectivity index (χ1) is 9.92. The number of nitrogens with one attached hydrogen (secondary N) is 2. The van der Waals surface area contributed by atoms with E-state index in [0.717, 1.165) is 10.8 Å². The number of nitrogens with two attached hydrogens (primary N) is 1. The van der Waals surface area contributed by atoms with Crippen LogP contribution < -0.4 is 15.8 Å². The Kier molecular flexibility index (Phi) is 5.10. The number of benzene rings is 1. The van der Waals surface area contributed by atoms with Crippen LogP contribution in [0.2, 0.25) is 4.34 Å². The van der Waals surface area contributed by atoms with Crippen LogP contribution in [0.1, 0.15) is 4.88 Å². The van der Waals surface area contributed by atoms with E-state index in [9.17, 15) is 8.42 Å². The lowest BCUT2D eigenvalue weighted by Crippen LogP contribution is -2.19. The van der Waals surface area contributed by atoms with Gasteiger partial charge < -0.3 is 11.1 Å². The molecule has 1 heterocycles. The number of sulfonamides is 1. The Balaban J connectivity index is 2.01. The van der Waals surface area contributed by atoms with Crippen molar-refractivity contribution in [3.63, 3.8) is 0 Å². The van der Waals surface area contributed by atoms with Gasteiger partial charge >= 0.3 is 0 Å². The third-order valence-corrected chi connectivity index (χ3v) is 5.62. The maximum atomic E-state index is 11.7. The molecular formula is C13H16ClN3O2S2. The van der Waals surface area contributed by atoms with Gasteiger partial charge in [0.2, 0.25) is 10.0 Å². The summed E-state index contributed by atoms with van der Waals surface area (Å²) in [6.45, 7) is 0.694. The molecule has 5 nitrogen and oxygen atoms in total. The molecule has 21 heavy (non-hydrogen) atoms. The zero-order valence-electron chi connectivity index (χ0n) is 11.4. The Morgan fingerprint density at radius 1 is 1.29 bits per heavy atom. The van der Waals surface area contributed by atoms with Crippen LogP contribution in [-0.4, -0.2) is 22.0 Å². The molecule has 1 aromatic heterocycles. The van der Waals surface area contributed by atoms with E-state index in [0.29, 0.717) is 17.9 Å². The van der Waals surface area contributed by atoms with Crippen LogP contribution in [0.3, 0.4) is 0 Å². The van der Waals surface area contributed by atoms with Crippen molar-refractivity contribution in [2.24, 2.45) is 0 Å². The number of anilines is 2. The molecule has 8 heteroatoms. The SMILES string of the molecule is CNS(=O)(=O)c1ccc(NCCc2ccc(Cl)s2)c(N)c1. The number of rotatable bonds is 6. The minimum atomic E-state index is -3.47.